The molecule has 5 aliphatic heterocycles. The van der Waals surface area contributed by atoms with Gasteiger partial charge in [0.1, 0.15) is 11.7 Å². The fraction of sp³-hybridized carbons (Fsp3) is 0.333. The summed E-state index contributed by atoms with van der Waals surface area (Å²) < 4.78 is 55.8. The van der Waals surface area contributed by atoms with Gasteiger partial charge in [-0.2, -0.15) is 8.42 Å². The van der Waals surface area contributed by atoms with Gasteiger partial charge in [-0.15, -0.1) is 0 Å². The van der Waals surface area contributed by atoms with Gasteiger partial charge >= 0.3 is 23.9 Å². The molecule has 11 rings (SSSR count). The van der Waals surface area contributed by atoms with E-state index in [4.69, 9.17) is 76.0 Å². The summed E-state index contributed by atoms with van der Waals surface area (Å²) in [7, 11) is -2.71. The third kappa shape index (κ3) is 24.0. The van der Waals surface area contributed by atoms with E-state index in [-0.39, 0.29) is 36.9 Å². The van der Waals surface area contributed by atoms with E-state index in [1.54, 1.807) is 79.8 Å². The van der Waals surface area contributed by atoms with Crippen molar-refractivity contribution in [3.63, 3.8) is 0 Å². The second-order valence-electron chi connectivity index (χ2n) is 22.2. The first-order valence-electron chi connectivity index (χ1n) is 32.3. The number of dihydropyridines is 1. The molecule has 2 saturated heterocycles. The molecule has 6 aromatic carbocycles. The molecule has 0 aromatic heterocycles. The SMILES string of the molecule is CCOC(=O)C1=C(COCCN)NC(C)=C(C(=O)OC)C1c1ccccc1Cl.O=C(O)/C=C/C(=O)O.O=S(=O)(O)c1ccccc1.OCCOCCN1CCN(C2=Nc3ccccc3Sc3ccccc32)CC1.OCCOCCN1CCN(C2=Nc3ccccc3Sc3ccccc32)CC1. The van der Waals surface area contributed by atoms with Crippen LogP contribution in [0, 0.1) is 0 Å². The van der Waals surface area contributed by atoms with Gasteiger partial charge in [-0.1, -0.05) is 132 Å². The number of amidine groups is 2. The monoisotopic (exact) mass is 1450 g/mol. The van der Waals surface area contributed by atoms with E-state index in [1.807, 2.05) is 0 Å². The number of nitrogens with two attached hydrogens (primary N) is 1. The number of esters is 2. The van der Waals surface area contributed by atoms with Gasteiger partial charge in [0, 0.05) is 126 Å². The molecule has 0 bridgehead atoms. The minimum atomic E-state index is -4.00. The third-order valence-corrected chi connectivity index (χ3v) is 19.0. The van der Waals surface area contributed by atoms with Crippen molar-refractivity contribution < 1.29 is 76.3 Å². The highest BCUT2D eigenvalue weighted by Crippen LogP contribution is 2.44. The standard InChI is InChI=1S/2C21H25N3O2S.C20H25ClN2O5.C6H6O3S.C4H4O4/c2*25-14-16-26-15-13-23-9-11-24(12-10-23)21-17-5-1-3-7-19(17)27-20-8-4-2-6-18(20)22-21;1-4-28-20(25)18-15(11-27-10-9-22)23-12(2)16(19(24)26-3)17(18)13-7-5-6-8-14(13)21;7-10(8,9)6-4-2-1-3-5-6;5-3(6)1-2-4(7)8/h2*1-8,25H,9-16H2;5-8,17,23H,4,9-11,22H2,1-3H3;1-5H,(H,7,8,9);1-2H,(H,5,6)(H,7,8)/b;;;;2-1+. The Morgan fingerprint density at radius 1 is 0.600 bits per heavy atom. The van der Waals surface area contributed by atoms with Crippen LogP contribution < -0.4 is 11.1 Å². The lowest BCUT2D eigenvalue weighted by Crippen LogP contribution is -2.49. The first-order chi connectivity index (χ1) is 48.4. The largest absolute Gasteiger partial charge is 0.478 e. The highest BCUT2D eigenvalue weighted by molar-refractivity contribution is 8.00. The minimum absolute atomic E-state index is 0.0741. The molecule has 0 amide bonds. The number of allylic oxidation sites excluding steroid dienone is 1. The first kappa shape index (κ1) is 79.1. The molecule has 6 aromatic rings. The molecular formula is C72H85ClN8O16S3. The van der Waals surface area contributed by atoms with Crippen LogP contribution in [0.5, 0.6) is 0 Å². The second-order valence-corrected chi connectivity index (χ2v) is 26.2. The van der Waals surface area contributed by atoms with Gasteiger partial charge in [-0.05, 0) is 74.0 Å². The van der Waals surface area contributed by atoms with Crippen molar-refractivity contribution in [2.45, 2.75) is 44.2 Å². The third-order valence-electron chi connectivity index (χ3n) is 15.5. The Labute approximate surface area is 596 Å². The summed E-state index contributed by atoms with van der Waals surface area (Å²) in [5, 5.41) is 36.7. The summed E-state index contributed by atoms with van der Waals surface area (Å²) >= 11 is 10.0. The van der Waals surface area contributed by atoms with Crippen molar-refractivity contribution in [2.24, 2.45) is 15.7 Å². The Morgan fingerprint density at radius 3 is 1.48 bits per heavy atom. The van der Waals surface area contributed by atoms with Gasteiger partial charge in [-0.3, -0.25) is 14.4 Å². The van der Waals surface area contributed by atoms with E-state index < -0.39 is 39.9 Å². The number of aliphatic imine (C=N–C) groups is 2. The molecule has 24 nitrogen and oxygen atoms in total. The fourth-order valence-electron chi connectivity index (χ4n) is 10.8. The molecule has 100 heavy (non-hydrogen) atoms. The van der Waals surface area contributed by atoms with Gasteiger partial charge in [-0.25, -0.2) is 29.2 Å². The van der Waals surface area contributed by atoms with Crippen LogP contribution in [0.15, 0.2) is 221 Å². The molecule has 1 unspecified atom stereocenters. The number of nitrogens with one attached hydrogen (secondary N) is 1. The van der Waals surface area contributed by atoms with Crippen LogP contribution in [-0.2, 0) is 53.0 Å². The number of hydrogen-bond acceptors (Lipinski definition) is 23. The number of hydrogen-bond donors (Lipinski definition) is 7. The van der Waals surface area contributed by atoms with E-state index >= 15 is 0 Å². The lowest BCUT2D eigenvalue weighted by molar-refractivity contribution is -0.139. The molecule has 1 atom stereocenters. The van der Waals surface area contributed by atoms with Crippen LogP contribution in [-0.4, -0.2) is 227 Å². The number of piperazine rings is 2. The summed E-state index contributed by atoms with van der Waals surface area (Å²) in [6.45, 7) is 16.4. The number of methoxy groups -OCH3 is 1. The summed E-state index contributed by atoms with van der Waals surface area (Å²) in [5.74, 6) is -2.21. The van der Waals surface area contributed by atoms with Crippen molar-refractivity contribution in [1.29, 1.82) is 0 Å². The fourth-order valence-corrected chi connectivity index (χ4v) is 13.5. The van der Waals surface area contributed by atoms with Gasteiger partial charge < -0.3 is 65.0 Å². The number of carboxylic acids is 2. The maximum atomic E-state index is 12.9. The molecule has 0 aliphatic carbocycles. The zero-order valence-electron chi connectivity index (χ0n) is 55.9. The molecule has 5 aliphatic rings. The second kappa shape index (κ2) is 41.5. The Morgan fingerprint density at radius 2 is 1.05 bits per heavy atom. The molecule has 2 fully saturated rings. The molecule has 28 heteroatoms. The number of para-hydroxylation sites is 2. The maximum Gasteiger partial charge on any atom is 0.336 e. The Hall–Kier alpha value is -8.26. The topological polar surface area (TPSA) is 325 Å². The van der Waals surface area contributed by atoms with E-state index in [0.717, 1.165) is 88.5 Å². The average Bonchev–Trinajstić information content (AvgIpc) is 1.35. The number of rotatable bonds is 21. The number of aliphatic hydroxyl groups is 2. The van der Waals surface area contributed by atoms with Crippen molar-refractivity contribution in [3.8, 4) is 0 Å². The van der Waals surface area contributed by atoms with Crippen LogP contribution in [0.4, 0.5) is 11.4 Å². The Kier molecular flexibility index (Phi) is 32.8. The zero-order valence-corrected chi connectivity index (χ0v) is 59.1. The summed E-state index contributed by atoms with van der Waals surface area (Å²) in [4.78, 5) is 69.2. The van der Waals surface area contributed by atoms with Crippen molar-refractivity contribution in [2.75, 3.05) is 139 Å². The Bertz CT molecular complexity index is 3810. The predicted molar refractivity (Wildman–Crippen MR) is 384 cm³/mol. The lowest BCUT2D eigenvalue weighted by atomic mass is 9.80. The molecule has 534 valence electrons. The van der Waals surface area contributed by atoms with Crippen molar-refractivity contribution in [1.82, 2.24) is 24.9 Å². The smallest absolute Gasteiger partial charge is 0.336 e. The number of carbonyl (C=O) groups is 4. The molecule has 5 heterocycles. The quantitative estimate of drug-likeness (QED) is 0.0153. The molecule has 0 saturated carbocycles. The van der Waals surface area contributed by atoms with E-state index in [2.05, 4.69) is 122 Å². The van der Waals surface area contributed by atoms with Gasteiger partial charge in [0.2, 0.25) is 0 Å². The van der Waals surface area contributed by atoms with E-state index in [0.29, 0.717) is 79.3 Å². The first-order valence-corrected chi connectivity index (χ1v) is 35.7. The molecule has 8 N–H and O–H groups in total. The number of fused-ring (bicyclic) bond motifs is 4. The van der Waals surface area contributed by atoms with Crippen LogP contribution >= 0.6 is 35.1 Å². The number of benzene rings is 6. The number of nitrogens with zero attached hydrogens (tertiary/aromatic N) is 6. The van der Waals surface area contributed by atoms with Crippen LogP contribution in [0.1, 0.15) is 36.5 Å². The van der Waals surface area contributed by atoms with Gasteiger partial charge in [0.25, 0.3) is 10.1 Å². The van der Waals surface area contributed by atoms with Crippen molar-refractivity contribution >= 4 is 92.2 Å². The van der Waals surface area contributed by atoms with E-state index in [1.165, 1.54) is 50.0 Å². The summed E-state index contributed by atoms with van der Waals surface area (Å²) in [6.07, 6.45) is 1.12. The lowest BCUT2D eigenvalue weighted by Gasteiger charge is -2.36. The van der Waals surface area contributed by atoms with Gasteiger partial charge in [0.15, 0.2) is 0 Å². The minimum Gasteiger partial charge on any atom is -0.478 e. The average molecular weight is 1450 g/mol. The highest BCUT2D eigenvalue weighted by atomic mass is 35.5. The summed E-state index contributed by atoms with van der Waals surface area (Å²) in [6, 6.07) is 48.4. The van der Waals surface area contributed by atoms with E-state index in [9.17, 15) is 27.6 Å². The number of ether oxygens (including phenoxy) is 5. The van der Waals surface area contributed by atoms with Crippen LogP contribution in [0.3, 0.4) is 0 Å². The van der Waals surface area contributed by atoms with Crippen LogP contribution in [0.2, 0.25) is 5.02 Å². The Balaban J connectivity index is 0.000000187. The number of aliphatic carboxylic acids is 2. The highest BCUT2D eigenvalue weighted by Gasteiger charge is 2.40. The maximum absolute atomic E-state index is 12.9. The van der Waals surface area contributed by atoms with Crippen molar-refractivity contribution in [3.05, 3.63) is 208 Å². The molecule has 0 radical (unpaired) electrons. The number of carbonyl (C=O) groups excluding carboxylic acids is 2. The summed E-state index contributed by atoms with van der Waals surface area (Å²) in [5.41, 5.74) is 12.2. The number of carboxylic acid groups (broad SMARTS) is 2. The molecule has 0 spiro atoms. The normalized spacial score (nSPS) is 15.8. The van der Waals surface area contributed by atoms with Crippen LogP contribution in [0.25, 0.3) is 0 Å². The van der Waals surface area contributed by atoms with Gasteiger partial charge in [0.05, 0.1) is 106 Å². The predicted octanol–water partition coefficient (Wildman–Crippen LogP) is 8.62. The number of halogens is 1. The zero-order chi connectivity index (χ0) is 71.8. The number of aliphatic hydroxyl groups excluding tert-OH is 2. The molecular weight excluding hydrogens is 1360 g/mol.